The summed E-state index contributed by atoms with van der Waals surface area (Å²) in [6, 6.07) is 0. The van der Waals surface area contributed by atoms with E-state index < -0.39 is 9.73 Å². The molecule has 1 aliphatic rings. The molecule has 0 aromatic heterocycles. The minimum Gasteiger partial charge on any atom is -0.253 e. The minimum absolute atomic E-state index is 0. The summed E-state index contributed by atoms with van der Waals surface area (Å²) in [5.41, 5.74) is 0. The monoisotopic (exact) mass is 169 g/mol. The average molecular weight is 170 g/mol. The number of rotatable bonds is 1. The topological polar surface area (TPSA) is 40.9 Å². The lowest BCUT2D eigenvalue weighted by atomic mass is 10.0. The van der Waals surface area contributed by atoms with Crippen molar-refractivity contribution in [2.24, 2.45) is 0 Å². The molecule has 1 N–H and O–H groups in total. The molecule has 0 saturated heterocycles. The van der Waals surface area contributed by atoms with Crippen LogP contribution in [0.3, 0.4) is 0 Å². The molecule has 0 aromatic rings. The molecule has 1 atom stereocenters. The molecule has 0 heterocycles. The second-order valence-electron chi connectivity index (χ2n) is 2.46. The highest BCUT2D eigenvalue weighted by atomic mass is 35.5. The van der Waals surface area contributed by atoms with E-state index >= 15 is 0 Å². The van der Waals surface area contributed by atoms with E-state index in [0.29, 0.717) is 0 Å². The van der Waals surface area contributed by atoms with Gasteiger partial charge >= 0.3 is 0 Å². The van der Waals surface area contributed by atoms with Gasteiger partial charge in [0.25, 0.3) is 0 Å². The Morgan fingerprint density at radius 1 is 1.56 bits per heavy atom. The molecule has 0 aliphatic heterocycles. The lowest BCUT2D eigenvalue weighted by molar-refractivity contribution is 0.502. The highest BCUT2D eigenvalue weighted by Gasteiger charge is 2.23. The minimum atomic E-state index is -2.17. The van der Waals surface area contributed by atoms with Gasteiger partial charge < -0.3 is 0 Å². The molecule has 2 nitrogen and oxygen atoms in total. The summed E-state index contributed by atoms with van der Waals surface area (Å²) in [5, 5.41) is 0.225. The number of hydrogen-bond acceptors (Lipinski definition) is 2. The normalized spacial score (nSPS) is 25.4. The van der Waals surface area contributed by atoms with Crippen molar-refractivity contribution in [3.05, 3.63) is 0 Å². The number of nitrogens with one attached hydrogen (secondary N) is 1. The number of halogens is 1. The summed E-state index contributed by atoms with van der Waals surface area (Å²) >= 11 is 0. The Balaban J connectivity index is 0.000000640. The largest absolute Gasteiger partial charge is 0.253 e. The van der Waals surface area contributed by atoms with Crippen LogP contribution < -0.4 is 0 Å². The fourth-order valence-electron chi connectivity index (χ4n) is 0.821. The van der Waals surface area contributed by atoms with Crippen LogP contribution in [0.1, 0.15) is 19.3 Å². The van der Waals surface area contributed by atoms with E-state index in [9.17, 15) is 4.21 Å². The first kappa shape index (κ1) is 9.24. The van der Waals surface area contributed by atoms with Gasteiger partial charge in [0.1, 0.15) is 0 Å². The Morgan fingerprint density at radius 2 is 2.00 bits per heavy atom. The lowest BCUT2D eigenvalue weighted by Crippen LogP contribution is -2.25. The maximum Gasteiger partial charge on any atom is 0.0441 e. The third-order valence-corrected chi connectivity index (χ3v) is 3.43. The molecule has 0 radical (unpaired) electrons. The zero-order valence-corrected chi connectivity index (χ0v) is 7.06. The molecule has 1 fully saturated rings. The van der Waals surface area contributed by atoms with Crippen molar-refractivity contribution in [3.8, 4) is 0 Å². The molecule has 1 saturated carbocycles. The molecular weight excluding hydrogens is 158 g/mol. The summed E-state index contributed by atoms with van der Waals surface area (Å²) in [7, 11) is -2.17. The lowest BCUT2D eigenvalue weighted by Gasteiger charge is -2.24. The van der Waals surface area contributed by atoms with Crippen molar-refractivity contribution >= 4 is 22.1 Å². The molecule has 0 amide bonds. The molecule has 1 aliphatic carbocycles. The summed E-state index contributed by atoms with van der Waals surface area (Å²) < 4.78 is 18.0. The molecule has 1 unspecified atom stereocenters. The Kier molecular flexibility index (Phi) is 2.96. The number of hydrogen-bond donors (Lipinski definition) is 1. The molecule has 4 heteroatoms. The highest BCUT2D eigenvalue weighted by molar-refractivity contribution is 7.92. The van der Waals surface area contributed by atoms with E-state index in [-0.39, 0.29) is 17.7 Å². The zero-order chi connectivity index (χ0) is 6.20. The Morgan fingerprint density at radius 3 is 2.00 bits per heavy atom. The van der Waals surface area contributed by atoms with Gasteiger partial charge in [-0.3, -0.25) is 4.78 Å². The van der Waals surface area contributed by atoms with Crippen LogP contribution in [0.5, 0.6) is 0 Å². The Bertz CT molecular complexity index is 171. The van der Waals surface area contributed by atoms with Gasteiger partial charge in [-0.05, 0) is 12.8 Å². The predicted molar refractivity (Wildman–Crippen MR) is 41.7 cm³/mol. The van der Waals surface area contributed by atoms with Crippen molar-refractivity contribution in [1.29, 1.82) is 4.78 Å². The van der Waals surface area contributed by atoms with Crippen molar-refractivity contribution in [2.75, 3.05) is 6.26 Å². The van der Waals surface area contributed by atoms with Crippen molar-refractivity contribution in [2.45, 2.75) is 24.5 Å². The Labute approximate surface area is 62.4 Å². The first-order chi connectivity index (χ1) is 3.61. The average Bonchev–Trinajstić information content (AvgIpc) is 1.16. The summed E-state index contributed by atoms with van der Waals surface area (Å²) in [5.74, 6) is 0. The van der Waals surface area contributed by atoms with E-state index in [2.05, 4.69) is 0 Å². The standard InChI is InChI=1S/C5H11NOS.ClH/c1-8(6,7)5-3-2-4-5;/h5-6H,2-4H2,1H3;1H. The van der Waals surface area contributed by atoms with Crippen LogP contribution in [0.2, 0.25) is 0 Å². The second-order valence-corrected chi connectivity index (χ2v) is 4.93. The summed E-state index contributed by atoms with van der Waals surface area (Å²) in [6.45, 7) is 0. The Hall–Kier alpha value is 0.240. The first-order valence-corrected chi connectivity index (χ1v) is 4.86. The fourth-order valence-corrected chi connectivity index (χ4v) is 2.05. The van der Waals surface area contributed by atoms with E-state index in [1.807, 2.05) is 0 Å². The van der Waals surface area contributed by atoms with Crippen molar-refractivity contribution in [3.63, 3.8) is 0 Å². The molecule has 0 bridgehead atoms. The van der Waals surface area contributed by atoms with E-state index in [1.54, 1.807) is 0 Å². The molecule has 0 spiro atoms. The SMILES string of the molecule is CS(=N)(=O)C1CCC1.Cl. The van der Waals surface area contributed by atoms with Crippen LogP contribution in [0.4, 0.5) is 0 Å². The predicted octanol–water partition coefficient (Wildman–Crippen LogP) is 1.64. The van der Waals surface area contributed by atoms with Crippen LogP contribution >= 0.6 is 12.4 Å². The van der Waals surface area contributed by atoms with Crippen LogP contribution in [-0.2, 0) is 9.73 Å². The van der Waals surface area contributed by atoms with Gasteiger partial charge in [0.2, 0.25) is 0 Å². The summed E-state index contributed by atoms with van der Waals surface area (Å²) in [4.78, 5) is 0. The third-order valence-electron chi connectivity index (χ3n) is 1.69. The smallest absolute Gasteiger partial charge is 0.0441 e. The third kappa shape index (κ3) is 2.14. The van der Waals surface area contributed by atoms with Crippen LogP contribution in [0.15, 0.2) is 0 Å². The summed E-state index contributed by atoms with van der Waals surface area (Å²) in [6.07, 6.45) is 4.74. The van der Waals surface area contributed by atoms with Crippen molar-refractivity contribution in [1.82, 2.24) is 0 Å². The van der Waals surface area contributed by atoms with Gasteiger partial charge in [0, 0.05) is 21.2 Å². The van der Waals surface area contributed by atoms with E-state index in [0.717, 1.165) is 12.8 Å². The fraction of sp³-hybridized carbons (Fsp3) is 1.00. The van der Waals surface area contributed by atoms with E-state index in [4.69, 9.17) is 4.78 Å². The van der Waals surface area contributed by atoms with Crippen LogP contribution in [-0.4, -0.2) is 15.7 Å². The molecule has 56 valence electrons. The van der Waals surface area contributed by atoms with Gasteiger partial charge in [-0.1, -0.05) is 6.42 Å². The maximum absolute atomic E-state index is 10.8. The quantitative estimate of drug-likeness (QED) is 0.637. The zero-order valence-electron chi connectivity index (χ0n) is 5.42. The van der Waals surface area contributed by atoms with Crippen LogP contribution in [0, 0.1) is 4.78 Å². The van der Waals surface area contributed by atoms with Gasteiger partial charge in [-0.25, -0.2) is 4.21 Å². The van der Waals surface area contributed by atoms with Crippen LogP contribution in [0.25, 0.3) is 0 Å². The molecule has 0 aromatic carbocycles. The molecule has 9 heavy (non-hydrogen) atoms. The van der Waals surface area contributed by atoms with Gasteiger partial charge in [-0.15, -0.1) is 12.4 Å². The first-order valence-electron chi connectivity index (χ1n) is 2.83. The van der Waals surface area contributed by atoms with Gasteiger partial charge in [-0.2, -0.15) is 0 Å². The maximum atomic E-state index is 10.8. The second kappa shape index (κ2) is 2.88. The van der Waals surface area contributed by atoms with Crippen molar-refractivity contribution < 1.29 is 4.21 Å². The van der Waals surface area contributed by atoms with Gasteiger partial charge in [0.05, 0.1) is 0 Å². The molecule has 1 rings (SSSR count). The van der Waals surface area contributed by atoms with Gasteiger partial charge in [0.15, 0.2) is 0 Å². The van der Waals surface area contributed by atoms with E-state index in [1.165, 1.54) is 12.7 Å². The highest BCUT2D eigenvalue weighted by Crippen LogP contribution is 2.25. The molecular formula is C5H12ClNOS.